The van der Waals surface area contributed by atoms with Crippen LogP contribution in [0.3, 0.4) is 0 Å². The minimum Gasteiger partial charge on any atom is -0.301 e. The van der Waals surface area contributed by atoms with Gasteiger partial charge in [0.15, 0.2) is 5.78 Å². The van der Waals surface area contributed by atoms with Crippen molar-refractivity contribution in [2.24, 2.45) is 5.92 Å². The van der Waals surface area contributed by atoms with E-state index in [1.807, 2.05) is 0 Å². The molecule has 0 amide bonds. The number of benzene rings is 2. The largest absolute Gasteiger partial charge is 0.301 e. The monoisotopic (exact) mass is 423 g/mol. The number of nitro benzene ring substituents is 1. The lowest BCUT2D eigenvalue weighted by molar-refractivity contribution is -0.384. The Labute approximate surface area is 178 Å². The van der Waals surface area contributed by atoms with Crippen molar-refractivity contribution in [3.05, 3.63) is 88.2 Å². The molecule has 1 aliphatic rings. The number of piperidine rings is 1. The van der Waals surface area contributed by atoms with Gasteiger partial charge in [0.1, 0.15) is 18.5 Å². The molecule has 0 radical (unpaired) electrons. The van der Waals surface area contributed by atoms with Crippen molar-refractivity contribution in [1.82, 2.24) is 19.7 Å². The lowest BCUT2D eigenvalue weighted by Crippen LogP contribution is -2.40. The first-order chi connectivity index (χ1) is 15.0. The Balaban J connectivity index is 1.42. The number of non-ortho nitro benzene ring substituents is 1. The molecule has 0 saturated carbocycles. The first kappa shape index (κ1) is 20.8. The molecule has 3 aromatic rings. The molecular formula is C22H22FN5O3. The second-order valence-corrected chi connectivity index (χ2v) is 7.69. The zero-order valence-electron chi connectivity index (χ0n) is 16.8. The van der Waals surface area contributed by atoms with Crippen molar-refractivity contribution >= 4 is 11.5 Å². The maximum atomic E-state index is 13.1. The van der Waals surface area contributed by atoms with Crippen LogP contribution in [0, 0.1) is 21.8 Å². The van der Waals surface area contributed by atoms with Crippen LogP contribution < -0.4 is 0 Å². The van der Waals surface area contributed by atoms with E-state index in [-0.39, 0.29) is 29.2 Å². The SMILES string of the molecule is O=C(c1ccc(F)cc1)C1CCN(CC(c2ccc([N+](=O)[O-])cc2)n2cncn2)CC1. The molecule has 8 nitrogen and oxygen atoms in total. The fourth-order valence-electron chi connectivity index (χ4n) is 4.01. The molecule has 1 unspecified atom stereocenters. The minimum atomic E-state index is -0.419. The predicted octanol–water partition coefficient (Wildman–Crippen LogP) is 3.51. The number of likely N-dealkylation sites (tertiary alicyclic amines) is 1. The highest BCUT2D eigenvalue weighted by atomic mass is 19.1. The summed E-state index contributed by atoms with van der Waals surface area (Å²) >= 11 is 0. The Morgan fingerprint density at radius 2 is 1.81 bits per heavy atom. The quantitative estimate of drug-likeness (QED) is 0.328. The summed E-state index contributed by atoms with van der Waals surface area (Å²) in [5.74, 6) is -0.370. The summed E-state index contributed by atoms with van der Waals surface area (Å²) in [7, 11) is 0. The lowest BCUT2D eigenvalue weighted by atomic mass is 9.88. The molecule has 2 aromatic carbocycles. The van der Waals surface area contributed by atoms with Gasteiger partial charge in [-0.05, 0) is 55.8 Å². The zero-order chi connectivity index (χ0) is 21.8. The highest BCUT2D eigenvalue weighted by Crippen LogP contribution is 2.26. The number of aromatic nitrogens is 3. The summed E-state index contributed by atoms with van der Waals surface area (Å²) < 4.78 is 14.9. The highest BCUT2D eigenvalue weighted by molar-refractivity contribution is 5.97. The van der Waals surface area contributed by atoms with E-state index in [0.29, 0.717) is 12.1 Å². The zero-order valence-corrected chi connectivity index (χ0v) is 16.8. The van der Waals surface area contributed by atoms with Crippen LogP contribution in [0.1, 0.15) is 34.8 Å². The van der Waals surface area contributed by atoms with Gasteiger partial charge >= 0.3 is 0 Å². The Hall–Kier alpha value is -3.46. The fraction of sp³-hybridized carbons (Fsp3) is 0.318. The number of hydrogen-bond acceptors (Lipinski definition) is 6. The first-order valence-electron chi connectivity index (χ1n) is 10.1. The molecule has 1 atom stereocenters. The highest BCUT2D eigenvalue weighted by Gasteiger charge is 2.28. The van der Waals surface area contributed by atoms with Gasteiger partial charge in [0.2, 0.25) is 0 Å². The van der Waals surface area contributed by atoms with Crippen LogP contribution in [-0.4, -0.2) is 50.0 Å². The van der Waals surface area contributed by atoms with E-state index in [1.165, 1.54) is 30.6 Å². The number of carbonyl (C=O) groups is 1. The predicted molar refractivity (Wildman–Crippen MR) is 111 cm³/mol. The van der Waals surface area contributed by atoms with Gasteiger partial charge in [0.05, 0.1) is 11.0 Å². The summed E-state index contributed by atoms with van der Waals surface area (Å²) in [6.45, 7) is 2.14. The van der Waals surface area contributed by atoms with E-state index in [4.69, 9.17) is 0 Å². The number of nitro groups is 1. The number of nitrogens with zero attached hydrogens (tertiary/aromatic N) is 5. The number of Topliss-reactive ketones (excluding diaryl/α,β-unsaturated/α-hetero) is 1. The molecule has 0 N–H and O–H groups in total. The van der Waals surface area contributed by atoms with E-state index in [1.54, 1.807) is 35.3 Å². The second kappa shape index (κ2) is 9.13. The Kier molecular flexibility index (Phi) is 6.13. The van der Waals surface area contributed by atoms with Gasteiger partial charge in [-0.15, -0.1) is 0 Å². The molecule has 0 bridgehead atoms. The summed E-state index contributed by atoms with van der Waals surface area (Å²) in [5, 5.41) is 15.2. The van der Waals surface area contributed by atoms with Crippen molar-refractivity contribution < 1.29 is 14.1 Å². The van der Waals surface area contributed by atoms with Gasteiger partial charge in [0.25, 0.3) is 5.69 Å². The Morgan fingerprint density at radius 1 is 1.13 bits per heavy atom. The average molecular weight is 423 g/mol. The van der Waals surface area contributed by atoms with E-state index in [0.717, 1.165) is 31.5 Å². The molecule has 2 heterocycles. The third kappa shape index (κ3) is 4.83. The van der Waals surface area contributed by atoms with Gasteiger partial charge in [-0.1, -0.05) is 12.1 Å². The second-order valence-electron chi connectivity index (χ2n) is 7.69. The van der Waals surface area contributed by atoms with Crippen LogP contribution in [0.25, 0.3) is 0 Å². The molecular weight excluding hydrogens is 401 g/mol. The van der Waals surface area contributed by atoms with Crippen molar-refractivity contribution in [1.29, 1.82) is 0 Å². The molecule has 1 aromatic heterocycles. The van der Waals surface area contributed by atoms with Crippen molar-refractivity contribution in [2.45, 2.75) is 18.9 Å². The fourth-order valence-corrected chi connectivity index (χ4v) is 4.01. The summed E-state index contributed by atoms with van der Waals surface area (Å²) in [6.07, 6.45) is 4.55. The van der Waals surface area contributed by atoms with E-state index >= 15 is 0 Å². The number of rotatable bonds is 7. The van der Waals surface area contributed by atoms with E-state index in [9.17, 15) is 19.3 Å². The standard InChI is InChI=1S/C22H22FN5O3/c23-19-5-1-17(2-6-19)22(29)18-9-11-26(12-10-18)13-21(27-15-24-14-25-27)16-3-7-20(8-4-16)28(30)31/h1-8,14-15,18,21H,9-13H2. The van der Waals surface area contributed by atoms with Gasteiger partial charge < -0.3 is 4.90 Å². The van der Waals surface area contributed by atoms with Gasteiger partial charge in [-0.25, -0.2) is 14.1 Å². The maximum Gasteiger partial charge on any atom is 0.269 e. The number of hydrogen-bond donors (Lipinski definition) is 0. The third-order valence-electron chi connectivity index (χ3n) is 5.76. The van der Waals surface area contributed by atoms with Gasteiger partial charge in [-0.3, -0.25) is 14.9 Å². The smallest absolute Gasteiger partial charge is 0.269 e. The number of ketones is 1. The summed E-state index contributed by atoms with van der Waals surface area (Å²) in [5.41, 5.74) is 1.49. The van der Waals surface area contributed by atoms with Gasteiger partial charge in [-0.2, -0.15) is 5.10 Å². The summed E-state index contributed by atoms with van der Waals surface area (Å²) in [4.78, 5) is 29.6. The molecule has 31 heavy (non-hydrogen) atoms. The van der Waals surface area contributed by atoms with Gasteiger partial charge in [0, 0.05) is 30.2 Å². The molecule has 9 heteroatoms. The molecule has 1 aliphatic heterocycles. The molecule has 4 rings (SSSR count). The minimum absolute atomic E-state index is 0.0428. The Morgan fingerprint density at radius 3 is 2.39 bits per heavy atom. The molecule has 1 saturated heterocycles. The maximum absolute atomic E-state index is 13.1. The normalized spacial score (nSPS) is 16.2. The van der Waals surface area contributed by atoms with Crippen LogP contribution in [-0.2, 0) is 0 Å². The summed E-state index contributed by atoms with van der Waals surface area (Å²) in [6, 6.07) is 12.0. The van der Waals surface area contributed by atoms with Crippen LogP contribution in [0.15, 0.2) is 61.2 Å². The van der Waals surface area contributed by atoms with Crippen LogP contribution in [0.4, 0.5) is 10.1 Å². The van der Waals surface area contributed by atoms with Crippen LogP contribution in [0.5, 0.6) is 0 Å². The number of halogens is 1. The van der Waals surface area contributed by atoms with Crippen LogP contribution in [0.2, 0.25) is 0 Å². The third-order valence-corrected chi connectivity index (χ3v) is 5.76. The number of carbonyl (C=O) groups excluding carboxylic acids is 1. The molecule has 0 spiro atoms. The lowest BCUT2D eigenvalue weighted by Gasteiger charge is -2.33. The van der Waals surface area contributed by atoms with Crippen molar-refractivity contribution in [2.75, 3.05) is 19.6 Å². The molecule has 1 fully saturated rings. The van der Waals surface area contributed by atoms with Crippen LogP contribution >= 0.6 is 0 Å². The molecule has 0 aliphatic carbocycles. The van der Waals surface area contributed by atoms with E-state index < -0.39 is 4.92 Å². The topological polar surface area (TPSA) is 94.2 Å². The van der Waals surface area contributed by atoms with Crippen molar-refractivity contribution in [3.63, 3.8) is 0 Å². The van der Waals surface area contributed by atoms with Crippen molar-refractivity contribution in [3.8, 4) is 0 Å². The molecule has 160 valence electrons. The first-order valence-corrected chi connectivity index (χ1v) is 10.1. The Bertz CT molecular complexity index is 1030. The average Bonchev–Trinajstić information content (AvgIpc) is 3.33. The van der Waals surface area contributed by atoms with E-state index in [2.05, 4.69) is 15.0 Å².